The lowest BCUT2D eigenvalue weighted by Crippen LogP contribution is -1.95. The molecule has 0 saturated heterocycles. The van der Waals surface area contributed by atoms with Crippen LogP contribution in [0.3, 0.4) is 0 Å². The van der Waals surface area contributed by atoms with Gasteiger partial charge in [0.25, 0.3) is 0 Å². The fourth-order valence-electron chi connectivity index (χ4n) is 4.59. The van der Waals surface area contributed by atoms with E-state index in [1.807, 2.05) is 54.6 Å². The standard InChI is InChI=1S/C15H13N3.C13H8N4O/c1-2-8-18-13-6-5-11(10-16)9-12(13)15-14(18)4-3-7-17-15;1-2-11-12(14-5-1)9-6-8(3-4-10(9)16-11)13-17-15-7-18-13/h3-7,9H,2,8H2,1H3;1-7,16H. The Kier molecular flexibility index (Phi) is 5.35. The minimum atomic E-state index is 0.516. The fraction of sp³-hybridized carbons (Fsp3) is 0.107. The molecule has 1 N–H and O–H groups in total. The molecule has 8 heteroatoms. The molecule has 7 aromatic rings. The summed E-state index contributed by atoms with van der Waals surface area (Å²) in [6, 6.07) is 21.9. The molecule has 0 unspecified atom stereocenters. The Hall–Kier alpha value is -5.03. The Morgan fingerprint density at radius 3 is 2.58 bits per heavy atom. The van der Waals surface area contributed by atoms with Crippen LogP contribution in [0.1, 0.15) is 18.9 Å². The monoisotopic (exact) mass is 471 g/mol. The van der Waals surface area contributed by atoms with Gasteiger partial charge in [0.2, 0.25) is 12.3 Å². The SMILES string of the molecule is CCCn1c2ccc(C#N)cc2c2ncccc21.c1cnc2c(c1)[nH]c1ccc(-c3nnco3)cc12. The van der Waals surface area contributed by atoms with E-state index < -0.39 is 0 Å². The van der Waals surface area contributed by atoms with E-state index in [0.717, 1.165) is 62.4 Å². The van der Waals surface area contributed by atoms with Gasteiger partial charge in [-0.05, 0) is 67.1 Å². The van der Waals surface area contributed by atoms with E-state index in [0.29, 0.717) is 11.5 Å². The highest BCUT2D eigenvalue weighted by molar-refractivity contribution is 6.06. The van der Waals surface area contributed by atoms with E-state index >= 15 is 0 Å². The molecule has 0 aliphatic carbocycles. The second-order valence-electron chi connectivity index (χ2n) is 8.40. The number of hydrogen-bond acceptors (Lipinski definition) is 6. The van der Waals surface area contributed by atoms with Crippen LogP contribution in [0.2, 0.25) is 0 Å². The van der Waals surface area contributed by atoms with E-state index in [1.165, 1.54) is 6.39 Å². The van der Waals surface area contributed by atoms with Crippen molar-refractivity contribution in [3.05, 3.63) is 85.0 Å². The number of fused-ring (bicyclic) bond motifs is 6. The third kappa shape index (κ3) is 3.63. The first-order valence-corrected chi connectivity index (χ1v) is 11.7. The Labute approximate surface area is 205 Å². The molecule has 0 radical (unpaired) electrons. The first-order valence-electron chi connectivity index (χ1n) is 11.7. The van der Waals surface area contributed by atoms with E-state index in [4.69, 9.17) is 9.68 Å². The average molecular weight is 472 g/mol. The molecule has 174 valence electrons. The van der Waals surface area contributed by atoms with E-state index in [1.54, 1.807) is 12.4 Å². The molecule has 8 nitrogen and oxygen atoms in total. The van der Waals surface area contributed by atoms with Crippen LogP contribution in [-0.2, 0) is 6.54 Å². The number of aryl methyl sites for hydroxylation is 1. The predicted octanol–water partition coefficient (Wildman–Crippen LogP) is 6.24. The van der Waals surface area contributed by atoms with Crippen molar-refractivity contribution in [2.45, 2.75) is 19.9 Å². The zero-order valence-electron chi connectivity index (χ0n) is 19.5. The van der Waals surface area contributed by atoms with Gasteiger partial charge in [0, 0.05) is 40.8 Å². The second-order valence-corrected chi connectivity index (χ2v) is 8.40. The van der Waals surface area contributed by atoms with Gasteiger partial charge in [-0.15, -0.1) is 10.2 Å². The van der Waals surface area contributed by atoms with Crippen LogP contribution in [0.15, 0.2) is 83.9 Å². The lowest BCUT2D eigenvalue weighted by Gasteiger charge is -2.04. The van der Waals surface area contributed by atoms with Crippen LogP contribution >= 0.6 is 0 Å². The summed E-state index contributed by atoms with van der Waals surface area (Å²) < 4.78 is 7.48. The maximum Gasteiger partial charge on any atom is 0.247 e. The zero-order valence-corrected chi connectivity index (χ0v) is 19.5. The molecule has 5 aromatic heterocycles. The number of nitrogens with one attached hydrogen (secondary N) is 1. The number of benzene rings is 2. The number of H-pyrrole nitrogens is 1. The van der Waals surface area contributed by atoms with Gasteiger partial charge in [0.1, 0.15) is 0 Å². The van der Waals surface area contributed by atoms with Crippen molar-refractivity contribution in [2.24, 2.45) is 0 Å². The number of nitrogens with zero attached hydrogens (tertiary/aromatic N) is 6. The largest absolute Gasteiger partial charge is 0.423 e. The highest BCUT2D eigenvalue weighted by Gasteiger charge is 2.11. The molecular weight excluding hydrogens is 450 g/mol. The van der Waals surface area contributed by atoms with Crippen LogP contribution in [-0.4, -0.2) is 29.7 Å². The summed E-state index contributed by atoms with van der Waals surface area (Å²) in [6.07, 6.45) is 5.99. The number of pyridine rings is 2. The Morgan fingerprint density at radius 2 is 1.78 bits per heavy atom. The maximum absolute atomic E-state index is 9.00. The first-order chi connectivity index (χ1) is 17.8. The van der Waals surface area contributed by atoms with Crippen LogP contribution in [0.4, 0.5) is 0 Å². The zero-order chi connectivity index (χ0) is 24.5. The van der Waals surface area contributed by atoms with Crippen molar-refractivity contribution in [1.29, 1.82) is 5.26 Å². The normalized spacial score (nSPS) is 11.1. The van der Waals surface area contributed by atoms with Gasteiger partial charge in [-0.2, -0.15) is 5.26 Å². The molecule has 0 atom stereocenters. The second kappa shape index (κ2) is 8.96. The molecule has 0 aliphatic rings. The molecule has 0 spiro atoms. The molecule has 0 fully saturated rings. The topological polar surface area (TPSA) is 109 Å². The van der Waals surface area contributed by atoms with Gasteiger partial charge in [-0.3, -0.25) is 9.97 Å². The third-order valence-corrected chi connectivity index (χ3v) is 6.15. The molecule has 0 saturated carbocycles. The summed E-state index contributed by atoms with van der Waals surface area (Å²) in [5.74, 6) is 0.516. The van der Waals surface area contributed by atoms with E-state index in [9.17, 15) is 0 Å². The van der Waals surface area contributed by atoms with Crippen molar-refractivity contribution >= 4 is 43.9 Å². The summed E-state index contributed by atoms with van der Waals surface area (Å²) in [5, 5.41) is 18.7. The van der Waals surface area contributed by atoms with Gasteiger partial charge < -0.3 is 14.0 Å². The predicted molar refractivity (Wildman–Crippen MR) is 139 cm³/mol. The van der Waals surface area contributed by atoms with Gasteiger partial charge in [0.05, 0.1) is 39.2 Å². The van der Waals surface area contributed by atoms with Crippen LogP contribution in [0, 0.1) is 11.3 Å². The van der Waals surface area contributed by atoms with Gasteiger partial charge in [-0.1, -0.05) is 6.92 Å². The summed E-state index contributed by atoms with van der Waals surface area (Å²) in [5.41, 5.74) is 7.89. The summed E-state index contributed by atoms with van der Waals surface area (Å²) in [6.45, 7) is 3.13. The lowest BCUT2D eigenvalue weighted by molar-refractivity contribution is 0.569. The van der Waals surface area contributed by atoms with Gasteiger partial charge in [0.15, 0.2) is 0 Å². The average Bonchev–Trinajstić information content (AvgIpc) is 3.66. The highest BCUT2D eigenvalue weighted by atomic mass is 16.4. The van der Waals surface area contributed by atoms with Crippen molar-refractivity contribution in [3.8, 4) is 17.5 Å². The fourth-order valence-corrected chi connectivity index (χ4v) is 4.59. The number of aromatic amines is 1. The van der Waals surface area contributed by atoms with E-state index in [2.05, 4.69) is 48.8 Å². The minimum Gasteiger partial charge on any atom is -0.423 e. The molecule has 0 amide bonds. The highest BCUT2D eigenvalue weighted by Crippen LogP contribution is 2.29. The minimum absolute atomic E-state index is 0.516. The molecule has 7 rings (SSSR count). The molecule has 0 bridgehead atoms. The van der Waals surface area contributed by atoms with Gasteiger partial charge >= 0.3 is 0 Å². The summed E-state index contributed by atoms with van der Waals surface area (Å²) >= 11 is 0. The van der Waals surface area contributed by atoms with E-state index in [-0.39, 0.29) is 0 Å². The van der Waals surface area contributed by atoms with Gasteiger partial charge in [-0.25, -0.2) is 0 Å². The molecule has 5 heterocycles. The number of aromatic nitrogens is 6. The van der Waals surface area contributed by atoms with Crippen molar-refractivity contribution < 1.29 is 4.42 Å². The third-order valence-electron chi connectivity index (χ3n) is 6.15. The lowest BCUT2D eigenvalue weighted by atomic mass is 10.1. The molecule has 36 heavy (non-hydrogen) atoms. The Morgan fingerprint density at radius 1 is 0.917 bits per heavy atom. The summed E-state index contributed by atoms with van der Waals surface area (Å²) in [7, 11) is 0. The molecule has 2 aromatic carbocycles. The first kappa shape index (κ1) is 21.5. The van der Waals surface area contributed by atoms with Crippen molar-refractivity contribution in [2.75, 3.05) is 0 Å². The van der Waals surface area contributed by atoms with Crippen LogP contribution in [0.25, 0.3) is 55.3 Å². The summed E-state index contributed by atoms with van der Waals surface area (Å²) in [4.78, 5) is 12.2. The quantitative estimate of drug-likeness (QED) is 0.327. The Balaban J connectivity index is 0.000000133. The number of nitriles is 1. The van der Waals surface area contributed by atoms with Crippen LogP contribution in [0.5, 0.6) is 0 Å². The molecular formula is C28H21N7O. The Bertz CT molecular complexity index is 1870. The smallest absolute Gasteiger partial charge is 0.247 e. The number of rotatable bonds is 3. The number of hydrogen-bond donors (Lipinski definition) is 1. The van der Waals surface area contributed by atoms with Crippen molar-refractivity contribution in [3.63, 3.8) is 0 Å². The maximum atomic E-state index is 9.00. The van der Waals surface area contributed by atoms with Crippen molar-refractivity contribution in [1.82, 2.24) is 29.7 Å². The molecule has 0 aliphatic heterocycles. The van der Waals surface area contributed by atoms with Crippen LogP contribution < -0.4 is 0 Å².